The second kappa shape index (κ2) is 51.4. The number of carbonyl (C=O) groups excluding carboxylic acids is 1. The molecule has 0 saturated carbocycles. The van der Waals surface area contributed by atoms with E-state index in [4.69, 9.17) is 0 Å². The van der Waals surface area contributed by atoms with Crippen LogP contribution in [0.2, 0.25) is 0 Å². The molecule has 4 heteroatoms. The SMILES string of the molecule is CC/C=C\C/C=C\C/C=C\C/C=C\C/C=C\C/C=C\C/C=C\C/C=C\CCCCCCCCCCCCC(=O)NC(CO)C(O)/C=C/CCCCCCCCCCCCCC. The van der Waals surface area contributed by atoms with Gasteiger partial charge < -0.3 is 15.5 Å². The quantitative estimate of drug-likeness (QED) is 0.0422. The number of carbonyl (C=O) groups is 1. The monoisotopic (exact) mass is 844 g/mol. The van der Waals surface area contributed by atoms with Crippen molar-refractivity contribution in [2.45, 2.75) is 238 Å². The zero-order valence-electron chi connectivity index (χ0n) is 39.9. The Hall–Kier alpha value is -2.95. The smallest absolute Gasteiger partial charge is 0.220 e. The minimum absolute atomic E-state index is 0.0735. The van der Waals surface area contributed by atoms with Crippen molar-refractivity contribution in [1.29, 1.82) is 0 Å². The number of allylic oxidation sites excluding steroid dienone is 17. The van der Waals surface area contributed by atoms with Gasteiger partial charge in [-0.25, -0.2) is 0 Å². The van der Waals surface area contributed by atoms with E-state index in [1.807, 2.05) is 6.08 Å². The first-order valence-corrected chi connectivity index (χ1v) is 25.6. The topological polar surface area (TPSA) is 69.6 Å². The lowest BCUT2D eigenvalue weighted by molar-refractivity contribution is -0.123. The normalized spacial score (nSPS) is 13.8. The Morgan fingerprint density at radius 1 is 0.410 bits per heavy atom. The highest BCUT2D eigenvalue weighted by Crippen LogP contribution is 2.14. The predicted molar refractivity (Wildman–Crippen MR) is 271 cm³/mol. The largest absolute Gasteiger partial charge is 0.394 e. The van der Waals surface area contributed by atoms with E-state index in [1.54, 1.807) is 6.08 Å². The summed E-state index contributed by atoms with van der Waals surface area (Å²) in [6.45, 7) is 4.18. The van der Waals surface area contributed by atoms with Crippen LogP contribution in [0.15, 0.2) is 109 Å². The molecule has 0 aromatic carbocycles. The fourth-order valence-corrected chi connectivity index (χ4v) is 7.13. The number of hydrogen-bond acceptors (Lipinski definition) is 3. The van der Waals surface area contributed by atoms with E-state index in [9.17, 15) is 15.0 Å². The molecule has 4 nitrogen and oxygen atoms in total. The van der Waals surface area contributed by atoms with Crippen LogP contribution in [-0.2, 0) is 4.79 Å². The van der Waals surface area contributed by atoms with E-state index in [2.05, 4.69) is 116 Å². The molecule has 0 aliphatic heterocycles. The predicted octanol–water partition coefficient (Wildman–Crippen LogP) is 16.7. The number of aliphatic hydroxyl groups excluding tert-OH is 2. The molecule has 0 aliphatic rings. The van der Waals surface area contributed by atoms with Crippen LogP contribution < -0.4 is 5.32 Å². The van der Waals surface area contributed by atoms with Crippen LogP contribution in [0.5, 0.6) is 0 Å². The van der Waals surface area contributed by atoms with E-state index in [-0.39, 0.29) is 12.5 Å². The maximum Gasteiger partial charge on any atom is 0.220 e. The number of amides is 1. The Balaban J connectivity index is 3.60. The van der Waals surface area contributed by atoms with Gasteiger partial charge in [-0.3, -0.25) is 4.79 Å². The third-order valence-corrected chi connectivity index (χ3v) is 11.0. The molecule has 2 atom stereocenters. The van der Waals surface area contributed by atoms with E-state index in [1.165, 1.54) is 128 Å². The van der Waals surface area contributed by atoms with Gasteiger partial charge in [0, 0.05) is 6.42 Å². The molecule has 0 fully saturated rings. The van der Waals surface area contributed by atoms with Crippen molar-refractivity contribution < 1.29 is 15.0 Å². The molecule has 348 valence electrons. The highest BCUT2D eigenvalue weighted by Gasteiger charge is 2.17. The van der Waals surface area contributed by atoms with Gasteiger partial charge >= 0.3 is 0 Å². The fraction of sp³-hybridized carbons (Fsp3) is 0.667. The summed E-state index contributed by atoms with van der Waals surface area (Å²) >= 11 is 0. The first-order valence-electron chi connectivity index (χ1n) is 25.6. The summed E-state index contributed by atoms with van der Waals surface area (Å²) in [4.78, 5) is 12.4. The molecule has 0 bridgehead atoms. The molecule has 61 heavy (non-hydrogen) atoms. The summed E-state index contributed by atoms with van der Waals surface area (Å²) in [5.74, 6) is -0.0735. The summed E-state index contributed by atoms with van der Waals surface area (Å²) in [6, 6.07) is -0.631. The van der Waals surface area contributed by atoms with Crippen LogP contribution in [0, 0.1) is 0 Å². The molecular weight excluding hydrogens is 747 g/mol. The van der Waals surface area contributed by atoms with E-state index in [0.717, 1.165) is 77.0 Å². The van der Waals surface area contributed by atoms with Crippen molar-refractivity contribution in [1.82, 2.24) is 5.32 Å². The highest BCUT2D eigenvalue weighted by molar-refractivity contribution is 5.76. The summed E-state index contributed by atoms with van der Waals surface area (Å²) in [5, 5.41) is 23.1. The van der Waals surface area contributed by atoms with Gasteiger partial charge in [0.1, 0.15) is 0 Å². The maximum atomic E-state index is 12.4. The molecule has 0 aromatic rings. The van der Waals surface area contributed by atoms with Crippen molar-refractivity contribution in [3.63, 3.8) is 0 Å². The Morgan fingerprint density at radius 2 is 0.721 bits per heavy atom. The first kappa shape index (κ1) is 58.0. The lowest BCUT2D eigenvalue weighted by atomic mass is 10.0. The second-order valence-electron chi connectivity index (χ2n) is 16.9. The van der Waals surface area contributed by atoms with Gasteiger partial charge in [0.05, 0.1) is 18.8 Å². The van der Waals surface area contributed by atoms with Crippen molar-refractivity contribution >= 4 is 5.91 Å². The fourth-order valence-electron chi connectivity index (χ4n) is 7.13. The van der Waals surface area contributed by atoms with Crippen molar-refractivity contribution in [3.8, 4) is 0 Å². The Morgan fingerprint density at radius 3 is 1.08 bits per heavy atom. The van der Waals surface area contributed by atoms with Crippen molar-refractivity contribution in [2.24, 2.45) is 0 Å². The summed E-state index contributed by atoms with van der Waals surface area (Å²) < 4.78 is 0. The molecule has 0 saturated heterocycles. The molecule has 0 spiro atoms. The van der Waals surface area contributed by atoms with Crippen LogP contribution in [-0.4, -0.2) is 34.9 Å². The number of unbranched alkanes of at least 4 members (excludes halogenated alkanes) is 22. The Bertz CT molecular complexity index is 1180. The molecule has 0 aromatic heterocycles. The number of aliphatic hydroxyl groups is 2. The maximum absolute atomic E-state index is 12.4. The van der Waals surface area contributed by atoms with Crippen LogP contribution in [0.4, 0.5) is 0 Å². The van der Waals surface area contributed by atoms with Crippen LogP contribution in [0.25, 0.3) is 0 Å². The van der Waals surface area contributed by atoms with Gasteiger partial charge in [-0.2, -0.15) is 0 Å². The highest BCUT2D eigenvalue weighted by atomic mass is 16.3. The van der Waals surface area contributed by atoms with Crippen LogP contribution in [0.1, 0.15) is 226 Å². The summed E-state index contributed by atoms with van der Waals surface area (Å²) in [5.41, 5.74) is 0. The summed E-state index contributed by atoms with van der Waals surface area (Å²) in [7, 11) is 0. The third-order valence-electron chi connectivity index (χ3n) is 11.0. The molecule has 1 amide bonds. The van der Waals surface area contributed by atoms with Gasteiger partial charge in [-0.05, 0) is 83.5 Å². The number of nitrogens with one attached hydrogen (secondary N) is 1. The molecule has 0 radical (unpaired) electrons. The minimum atomic E-state index is -0.847. The zero-order chi connectivity index (χ0) is 44.2. The van der Waals surface area contributed by atoms with Gasteiger partial charge in [0.2, 0.25) is 5.91 Å². The van der Waals surface area contributed by atoms with E-state index in [0.29, 0.717) is 6.42 Å². The van der Waals surface area contributed by atoms with Gasteiger partial charge in [0.15, 0.2) is 0 Å². The van der Waals surface area contributed by atoms with Crippen molar-refractivity contribution in [2.75, 3.05) is 6.61 Å². The van der Waals surface area contributed by atoms with E-state index < -0.39 is 12.1 Å². The average molecular weight is 844 g/mol. The lowest BCUT2D eigenvalue weighted by Gasteiger charge is -2.20. The molecule has 0 heterocycles. The first-order chi connectivity index (χ1) is 30.2. The van der Waals surface area contributed by atoms with Gasteiger partial charge in [0.25, 0.3) is 0 Å². The molecule has 0 aliphatic carbocycles. The Labute approximate surface area is 378 Å². The minimum Gasteiger partial charge on any atom is -0.394 e. The molecule has 2 unspecified atom stereocenters. The summed E-state index contributed by atoms with van der Waals surface area (Å²) in [6.07, 6.45) is 77.9. The standard InChI is InChI=1S/C57H97NO3/c1-3-5-7-9-11-13-15-17-19-20-21-22-23-24-25-26-27-28-29-30-31-32-33-34-35-36-37-38-39-41-43-45-47-49-51-53-57(61)58-55(54-59)56(60)52-50-48-46-44-42-40-18-16-14-12-10-8-6-4-2/h5,7,11,13,17,19,21-22,24-25,27-28,30-31,33-34,50,52,55-56,59-60H,3-4,6,8-10,12,14-16,18,20,23,26,29,32,35-49,51,53-54H2,1-2H3,(H,58,61)/b7-5-,13-11-,19-17-,22-21-,25-24-,28-27-,31-30-,34-33-,52-50+. The molecular formula is C57H97NO3. The number of rotatable bonds is 45. The lowest BCUT2D eigenvalue weighted by Crippen LogP contribution is -2.45. The van der Waals surface area contributed by atoms with Crippen LogP contribution >= 0.6 is 0 Å². The third kappa shape index (κ3) is 47.9. The number of hydrogen-bond donors (Lipinski definition) is 3. The molecule has 3 N–H and O–H groups in total. The molecule has 0 rings (SSSR count). The Kier molecular flexibility index (Phi) is 48.9. The van der Waals surface area contributed by atoms with Gasteiger partial charge in [-0.15, -0.1) is 0 Å². The van der Waals surface area contributed by atoms with Gasteiger partial charge in [-0.1, -0.05) is 245 Å². The van der Waals surface area contributed by atoms with Crippen LogP contribution in [0.3, 0.4) is 0 Å². The van der Waals surface area contributed by atoms with Crippen molar-refractivity contribution in [3.05, 3.63) is 109 Å². The van der Waals surface area contributed by atoms with E-state index >= 15 is 0 Å². The second-order valence-corrected chi connectivity index (χ2v) is 16.9. The zero-order valence-corrected chi connectivity index (χ0v) is 39.9. The average Bonchev–Trinajstić information content (AvgIpc) is 3.26.